The van der Waals surface area contributed by atoms with Crippen LogP contribution >= 0.6 is 0 Å². The summed E-state index contributed by atoms with van der Waals surface area (Å²) in [6.07, 6.45) is 1.43. The predicted octanol–water partition coefficient (Wildman–Crippen LogP) is 2.01. The summed E-state index contributed by atoms with van der Waals surface area (Å²) < 4.78 is 1.69. The van der Waals surface area contributed by atoms with Crippen molar-refractivity contribution in [2.75, 3.05) is 0 Å². The van der Waals surface area contributed by atoms with Gasteiger partial charge in [-0.05, 0) is 25.0 Å². The van der Waals surface area contributed by atoms with Gasteiger partial charge in [-0.25, -0.2) is 0 Å². The molecule has 2 rings (SSSR count). The molecule has 1 unspecified atom stereocenters. The van der Waals surface area contributed by atoms with Crippen molar-refractivity contribution in [3.63, 3.8) is 0 Å². The Morgan fingerprint density at radius 2 is 1.92 bits per heavy atom. The minimum atomic E-state index is -0.958. The normalized spacial score (nSPS) is 13.7. The number of para-hydroxylation sites is 1. The smallest absolute Gasteiger partial charge is 0.305 e. The van der Waals surface area contributed by atoms with Crippen molar-refractivity contribution in [3.05, 3.63) is 46.8 Å². The number of carbonyl (C=O) groups excluding carboxylic acids is 1. The second-order valence-corrected chi connectivity index (χ2v) is 6.52. The maximum Gasteiger partial charge on any atom is 0.305 e. The number of nitrogens with one attached hydrogen (secondary N) is 1. The largest absolute Gasteiger partial charge is 0.481 e. The Morgan fingerprint density at radius 3 is 2.54 bits per heavy atom. The average Bonchev–Trinajstić information content (AvgIpc) is 2.49. The third-order valence-electron chi connectivity index (χ3n) is 4.42. The first-order valence-electron chi connectivity index (χ1n) is 7.84. The molecular formula is C18H22N2O4. The third kappa shape index (κ3) is 3.82. The molecule has 6 heteroatoms. The van der Waals surface area contributed by atoms with E-state index in [-0.39, 0.29) is 30.2 Å². The van der Waals surface area contributed by atoms with Crippen molar-refractivity contribution >= 4 is 22.8 Å². The first-order chi connectivity index (χ1) is 11.2. The van der Waals surface area contributed by atoms with Crippen LogP contribution in [0.2, 0.25) is 0 Å². The zero-order chi connectivity index (χ0) is 17.9. The summed E-state index contributed by atoms with van der Waals surface area (Å²) in [6, 6.07) is 8.50. The van der Waals surface area contributed by atoms with E-state index >= 15 is 0 Å². The highest BCUT2D eigenvalue weighted by Crippen LogP contribution is 2.21. The summed E-state index contributed by atoms with van der Waals surface area (Å²) in [5.74, 6) is -1.29. The van der Waals surface area contributed by atoms with Gasteiger partial charge in [-0.15, -0.1) is 0 Å². The molecule has 0 radical (unpaired) electrons. The first kappa shape index (κ1) is 17.7. The molecule has 24 heavy (non-hydrogen) atoms. The maximum atomic E-state index is 12.4. The van der Waals surface area contributed by atoms with E-state index in [2.05, 4.69) is 5.32 Å². The van der Waals surface area contributed by atoms with Gasteiger partial charge in [0.15, 0.2) is 5.43 Å². The van der Waals surface area contributed by atoms with E-state index in [0.29, 0.717) is 10.9 Å². The van der Waals surface area contributed by atoms with Crippen LogP contribution in [0, 0.1) is 5.92 Å². The van der Waals surface area contributed by atoms with Crippen molar-refractivity contribution in [3.8, 4) is 0 Å². The first-order valence-corrected chi connectivity index (χ1v) is 7.84. The Balaban J connectivity index is 2.25. The lowest BCUT2D eigenvalue weighted by Crippen LogP contribution is -2.52. The number of fused-ring (bicyclic) bond motifs is 1. The number of hydrogen-bond donors (Lipinski definition) is 2. The van der Waals surface area contributed by atoms with Crippen molar-refractivity contribution in [2.45, 2.75) is 39.3 Å². The Morgan fingerprint density at radius 1 is 1.25 bits per heavy atom. The Labute approximate surface area is 140 Å². The van der Waals surface area contributed by atoms with Gasteiger partial charge in [0.1, 0.15) is 6.54 Å². The Hall–Kier alpha value is -2.63. The molecule has 1 aromatic heterocycles. The summed E-state index contributed by atoms with van der Waals surface area (Å²) in [6.45, 7) is 5.49. The van der Waals surface area contributed by atoms with E-state index in [4.69, 9.17) is 5.11 Å². The number of amides is 1. The van der Waals surface area contributed by atoms with E-state index in [1.54, 1.807) is 42.0 Å². The summed E-state index contributed by atoms with van der Waals surface area (Å²) >= 11 is 0. The fourth-order valence-corrected chi connectivity index (χ4v) is 2.62. The fraction of sp³-hybridized carbons (Fsp3) is 0.389. The molecule has 0 aliphatic heterocycles. The average molecular weight is 330 g/mol. The van der Waals surface area contributed by atoms with Crippen LogP contribution in [-0.4, -0.2) is 27.1 Å². The molecule has 1 atom stereocenters. The van der Waals surface area contributed by atoms with Gasteiger partial charge in [-0.2, -0.15) is 0 Å². The molecule has 0 saturated heterocycles. The fourth-order valence-electron chi connectivity index (χ4n) is 2.62. The number of carbonyl (C=O) groups is 2. The van der Waals surface area contributed by atoms with E-state index in [9.17, 15) is 14.4 Å². The van der Waals surface area contributed by atoms with Gasteiger partial charge in [0.2, 0.25) is 5.91 Å². The topological polar surface area (TPSA) is 88.4 Å². The van der Waals surface area contributed by atoms with Crippen LogP contribution in [-0.2, 0) is 16.1 Å². The second kappa shape index (κ2) is 6.86. The molecule has 0 aliphatic carbocycles. The predicted molar refractivity (Wildman–Crippen MR) is 91.8 cm³/mol. The van der Waals surface area contributed by atoms with E-state index in [1.807, 2.05) is 13.8 Å². The van der Waals surface area contributed by atoms with Crippen molar-refractivity contribution in [1.29, 1.82) is 0 Å². The number of benzene rings is 1. The highest BCUT2D eigenvalue weighted by Gasteiger charge is 2.32. The van der Waals surface area contributed by atoms with Crippen LogP contribution in [0.25, 0.3) is 10.9 Å². The van der Waals surface area contributed by atoms with Gasteiger partial charge in [-0.3, -0.25) is 14.4 Å². The van der Waals surface area contributed by atoms with Gasteiger partial charge in [-0.1, -0.05) is 26.0 Å². The number of nitrogens with zero attached hydrogens (tertiary/aromatic N) is 1. The molecule has 0 bridgehead atoms. The second-order valence-electron chi connectivity index (χ2n) is 6.52. The Bertz CT molecular complexity index is 825. The van der Waals surface area contributed by atoms with E-state index < -0.39 is 11.5 Å². The number of hydrogen-bond acceptors (Lipinski definition) is 3. The molecule has 0 saturated carbocycles. The van der Waals surface area contributed by atoms with Crippen molar-refractivity contribution < 1.29 is 14.7 Å². The summed E-state index contributed by atoms with van der Waals surface area (Å²) in [7, 11) is 0. The molecule has 0 spiro atoms. The van der Waals surface area contributed by atoms with E-state index in [0.717, 1.165) is 0 Å². The number of aliphatic carboxylic acids is 1. The lowest BCUT2D eigenvalue weighted by molar-refractivity contribution is -0.139. The van der Waals surface area contributed by atoms with Crippen LogP contribution < -0.4 is 10.7 Å². The van der Waals surface area contributed by atoms with Crippen LogP contribution in [0.5, 0.6) is 0 Å². The van der Waals surface area contributed by atoms with Crippen molar-refractivity contribution in [2.24, 2.45) is 5.92 Å². The molecule has 0 fully saturated rings. The maximum absolute atomic E-state index is 12.4. The third-order valence-corrected chi connectivity index (χ3v) is 4.42. The molecule has 1 amide bonds. The minimum Gasteiger partial charge on any atom is -0.481 e. The highest BCUT2D eigenvalue weighted by molar-refractivity contribution is 5.83. The monoisotopic (exact) mass is 330 g/mol. The molecule has 128 valence electrons. The molecular weight excluding hydrogens is 308 g/mol. The minimum absolute atomic E-state index is 0.0166. The van der Waals surface area contributed by atoms with Crippen molar-refractivity contribution in [1.82, 2.24) is 9.88 Å². The van der Waals surface area contributed by atoms with Gasteiger partial charge >= 0.3 is 5.97 Å². The number of aromatic nitrogens is 1. The van der Waals surface area contributed by atoms with Gasteiger partial charge in [0, 0.05) is 17.6 Å². The molecule has 1 aromatic carbocycles. The number of pyridine rings is 1. The quantitative estimate of drug-likeness (QED) is 0.848. The van der Waals surface area contributed by atoms with Crippen LogP contribution in [0.15, 0.2) is 41.3 Å². The molecule has 1 heterocycles. The lowest BCUT2D eigenvalue weighted by Gasteiger charge is -2.33. The van der Waals surface area contributed by atoms with Gasteiger partial charge in [0.05, 0.1) is 17.5 Å². The SMILES string of the molecule is CC(C)C(C)(CC(=O)O)NC(=O)Cn1ccc(=O)c2ccccc21. The standard InChI is InChI=1S/C18H22N2O4/c1-12(2)18(3,10-17(23)24)19-16(22)11-20-9-8-15(21)13-6-4-5-7-14(13)20/h4-9,12H,10-11H2,1-3H3,(H,19,22)(H,23,24). The number of rotatable bonds is 6. The number of carboxylic acids is 1. The lowest BCUT2D eigenvalue weighted by atomic mass is 9.85. The molecule has 2 aromatic rings. The Kier molecular flexibility index (Phi) is 5.07. The zero-order valence-electron chi connectivity index (χ0n) is 14.1. The van der Waals surface area contributed by atoms with Crippen LogP contribution in [0.1, 0.15) is 27.2 Å². The zero-order valence-corrected chi connectivity index (χ0v) is 14.1. The molecule has 2 N–H and O–H groups in total. The van der Waals surface area contributed by atoms with Crippen LogP contribution in [0.3, 0.4) is 0 Å². The highest BCUT2D eigenvalue weighted by atomic mass is 16.4. The molecule has 6 nitrogen and oxygen atoms in total. The van der Waals surface area contributed by atoms with Crippen LogP contribution in [0.4, 0.5) is 0 Å². The summed E-state index contributed by atoms with van der Waals surface area (Å²) in [5.41, 5.74) is -0.262. The van der Waals surface area contributed by atoms with Gasteiger partial charge < -0.3 is 15.0 Å². The van der Waals surface area contributed by atoms with Gasteiger partial charge in [0.25, 0.3) is 0 Å². The molecule has 0 aliphatic rings. The summed E-state index contributed by atoms with van der Waals surface area (Å²) in [4.78, 5) is 35.4. The van der Waals surface area contributed by atoms with E-state index in [1.165, 1.54) is 6.07 Å². The summed E-state index contributed by atoms with van der Waals surface area (Å²) in [5, 5.41) is 12.5. The number of carboxylic acid groups (broad SMARTS) is 1.